The van der Waals surface area contributed by atoms with Gasteiger partial charge in [0, 0.05) is 5.69 Å². The van der Waals surface area contributed by atoms with Crippen molar-refractivity contribution in [2.75, 3.05) is 5.32 Å². The number of carbonyl (C=O) groups excluding carboxylic acids is 1. The van der Waals surface area contributed by atoms with Crippen LogP contribution in [0, 0.1) is 11.3 Å². The summed E-state index contributed by atoms with van der Waals surface area (Å²) in [7, 11) is 0. The number of benzene rings is 4. The fourth-order valence-corrected chi connectivity index (χ4v) is 3.93. The molecule has 4 aromatic carbocycles. The maximum absolute atomic E-state index is 12.4. The van der Waals surface area contributed by atoms with E-state index in [4.69, 9.17) is 27.9 Å². The van der Waals surface area contributed by atoms with Gasteiger partial charge in [-0.15, -0.1) is 0 Å². The third-order valence-electron chi connectivity index (χ3n) is 4.93. The normalized spacial score (nSPS) is 11.1. The van der Waals surface area contributed by atoms with Gasteiger partial charge >= 0.3 is 0 Å². The van der Waals surface area contributed by atoms with Crippen molar-refractivity contribution in [2.24, 2.45) is 0 Å². The van der Waals surface area contributed by atoms with Gasteiger partial charge in [0.25, 0.3) is 5.91 Å². The fourth-order valence-electron chi connectivity index (χ4n) is 3.32. The van der Waals surface area contributed by atoms with Gasteiger partial charge in [-0.1, -0.05) is 77.8 Å². The minimum Gasteiger partial charge on any atom is -0.486 e. The van der Waals surface area contributed by atoms with Gasteiger partial charge in [0.2, 0.25) is 0 Å². The minimum atomic E-state index is -0.521. The average molecular weight is 473 g/mol. The Hall–Kier alpha value is -3.78. The maximum atomic E-state index is 12.4. The number of amides is 1. The second-order valence-electron chi connectivity index (χ2n) is 7.27. The van der Waals surface area contributed by atoms with Crippen LogP contribution in [0.25, 0.3) is 16.8 Å². The predicted molar refractivity (Wildman–Crippen MR) is 133 cm³/mol. The molecule has 4 nitrogen and oxygen atoms in total. The van der Waals surface area contributed by atoms with Crippen LogP contribution in [0.3, 0.4) is 0 Å². The van der Waals surface area contributed by atoms with Crippen molar-refractivity contribution in [3.63, 3.8) is 0 Å². The Morgan fingerprint density at radius 2 is 1.58 bits per heavy atom. The molecule has 6 heteroatoms. The molecule has 1 amide bonds. The number of hydrogen-bond acceptors (Lipinski definition) is 3. The highest BCUT2D eigenvalue weighted by molar-refractivity contribution is 6.37. The Bertz CT molecular complexity index is 1370. The van der Waals surface area contributed by atoms with Crippen molar-refractivity contribution >= 4 is 51.6 Å². The van der Waals surface area contributed by atoms with E-state index in [1.54, 1.807) is 36.4 Å². The highest BCUT2D eigenvalue weighted by Gasteiger charge is 2.13. The largest absolute Gasteiger partial charge is 0.486 e. The van der Waals surface area contributed by atoms with Crippen molar-refractivity contribution in [3.05, 3.63) is 112 Å². The number of nitrogens with one attached hydrogen (secondary N) is 1. The highest BCUT2D eigenvalue weighted by Crippen LogP contribution is 2.35. The number of anilines is 1. The number of rotatable bonds is 6. The summed E-state index contributed by atoms with van der Waals surface area (Å²) in [5.41, 5.74) is 2.02. The molecule has 0 atom stereocenters. The summed E-state index contributed by atoms with van der Waals surface area (Å²) in [5, 5.41) is 15.0. The summed E-state index contributed by atoms with van der Waals surface area (Å²) in [4.78, 5) is 12.4. The second kappa shape index (κ2) is 10.2. The van der Waals surface area contributed by atoms with E-state index in [9.17, 15) is 10.1 Å². The molecule has 162 valence electrons. The number of hydrogen-bond donors (Lipinski definition) is 1. The van der Waals surface area contributed by atoms with Crippen LogP contribution in [0.1, 0.15) is 11.1 Å². The quantitative estimate of drug-likeness (QED) is 0.237. The first kappa shape index (κ1) is 22.4. The third kappa shape index (κ3) is 5.53. The zero-order valence-electron chi connectivity index (χ0n) is 17.4. The van der Waals surface area contributed by atoms with Crippen LogP contribution in [0.15, 0.2) is 90.5 Å². The van der Waals surface area contributed by atoms with Crippen molar-refractivity contribution in [2.45, 2.75) is 6.61 Å². The molecule has 0 unspecified atom stereocenters. The number of nitriles is 1. The number of ether oxygens (including phenoxy) is 1. The average Bonchev–Trinajstić information content (AvgIpc) is 2.82. The van der Waals surface area contributed by atoms with Crippen molar-refractivity contribution < 1.29 is 9.53 Å². The lowest BCUT2D eigenvalue weighted by atomic mass is 10.1. The number of para-hydroxylation sites is 1. The van der Waals surface area contributed by atoms with Crippen LogP contribution >= 0.6 is 23.2 Å². The van der Waals surface area contributed by atoms with Gasteiger partial charge in [0.1, 0.15) is 18.2 Å². The Kier molecular flexibility index (Phi) is 6.95. The molecule has 0 radical (unpaired) electrons. The summed E-state index contributed by atoms with van der Waals surface area (Å²) in [6.45, 7) is 0.294. The molecular formula is C27H18Cl2N2O2. The fraction of sp³-hybridized carbons (Fsp3) is 0.0370. The van der Waals surface area contributed by atoms with E-state index in [1.165, 1.54) is 6.08 Å². The molecule has 0 heterocycles. The lowest BCUT2D eigenvalue weighted by Gasteiger charge is -2.12. The van der Waals surface area contributed by atoms with Crippen LogP contribution in [-0.2, 0) is 11.4 Å². The van der Waals surface area contributed by atoms with E-state index in [2.05, 4.69) is 17.4 Å². The molecule has 4 aromatic rings. The van der Waals surface area contributed by atoms with Gasteiger partial charge in [0.05, 0.1) is 10.0 Å². The van der Waals surface area contributed by atoms with Gasteiger partial charge < -0.3 is 10.1 Å². The zero-order valence-corrected chi connectivity index (χ0v) is 18.9. The molecule has 0 aliphatic carbocycles. The molecule has 0 fully saturated rings. The van der Waals surface area contributed by atoms with E-state index in [0.717, 1.165) is 16.3 Å². The monoisotopic (exact) mass is 472 g/mol. The summed E-state index contributed by atoms with van der Waals surface area (Å²) in [6.07, 6.45) is 1.43. The number of carbonyl (C=O) groups is 1. The SMILES string of the molecule is N#C/C(=C/c1cc(Cl)c(OCc2ccc3ccccc3c2)c(Cl)c1)C(=O)Nc1ccccc1. The van der Waals surface area contributed by atoms with Gasteiger partial charge in [-0.3, -0.25) is 4.79 Å². The standard InChI is InChI=1S/C27H18Cl2N2O2/c28-24-14-19(13-22(16-30)27(32)31-23-8-2-1-3-9-23)15-25(29)26(24)33-17-18-10-11-20-6-4-5-7-21(20)12-18/h1-15H,17H2,(H,31,32)/b22-13-. The molecule has 0 aliphatic heterocycles. The first-order chi connectivity index (χ1) is 16.0. The summed E-state index contributed by atoms with van der Waals surface area (Å²) < 4.78 is 5.89. The summed E-state index contributed by atoms with van der Waals surface area (Å²) in [6, 6.07) is 28.2. The molecule has 0 aromatic heterocycles. The molecule has 0 aliphatic rings. The second-order valence-corrected chi connectivity index (χ2v) is 8.09. The molecular weight excluding hydrogens is 455 g/mol. The number of fused-ring (bicyclic) bond motifs is 1. The van der Waals surface area contributed by atoms with Gasteiger partial charge in [0.15, 0.2) is 5.75 Å². The summed E-state index contributed by atoms with van der Waals surface area (Å²) in [5.74, 6) is -0.177. The predicted octanol–water partition coefficient (Wildman–Crippen LogP) is 7.27. The first-order valence-corrected chi connectivity index (χ1v) is 10.9. The van der Waals surface area contributed by atoms with Crippen molar-refractivity contribution in [3.8, 4) is 11.8 Å². The van der Waals surface area contributed by atoms with Crippen LogP contribution in [0.5, 0.6) is 5.75 Å². The minimum absolute atomic E-state index is 0.0733. The van der Waals surface area contributed by atoms with Gasteiger partial charge in [-0.25, -0.2) is 0 Å². The van der Waals surface area contributed by atoms with Crippen LogP contribution in [-0.4, -0.2) is 5.91 Å². The Morgan fingerprint density at radius 1 is 0.909 bits per heavy atom. The smallest absolute Gasteiger partial charge is 0.266 e. The lowest BCUT2D eigenvalue weighted by Crippen LogP contribution is -2.13. The van der Waals surface area contributed by atoms with E-state index < -0.39 is 5.91 Å². The maximum Gasteiger partial charge on any atom is 0.266 e. The molecule has 0 bridgehead atoms. The van der Waals surface area contributed by atoms with Gasteiger partial charge in [-0.2, -0.15) is 5.26 Å². The van der Waals surface area contributed by atoms with Gasteiger partial charge in [-0.05, 0) is 58.3 Å². The zero-order chi connectivity index (χ0) is 23.2. The van der Waals surface area contributed by atoms with Crippen LogP contribution in [0.4, 0.5) is 5.69 Å². The number of halogens is 2. The first-order valence-electron chi connectivity index (χ1n) is 10.1. The van der Waals surface area contributed by atoms with Crippen LogP contribution < -0.4 is 10.1 Å². The summed E-state index contributed by atoms with van der Waals surface area (Å²) >= 11 is 12.8. The Morgan fingerprint density at radius 3 is 2.27 bits per heavy atom. The molecule has 0 saturated heterocycles. The molecule has 0 spiro atoms. The van der Waals surface area contributed by atoms with Crippen LogP contribution in [0.2, 0.25) is 10.0 Å². The Labute approximate surface area is 201 Å². The highest BCUT2D eigenvalue weighted by atomic mass is 35.5. The van der Waals surface area contributed by atoms with E-state index >= 15 is 0 Å². The molecule has 0 saturated carbocycles. The van der Waals surface area contributed by atoms with Crippen molar-refractivity contribution in [1.29, 1.82) is 5.26 Å². The topological polar surface area (TPSA) is 62.1 Å². The molecule has 1 N–H and O–H groups in total. The number of nitrogens with zero attached hydrogens (tertiary/aromatic N) is 1. The van der Waals surface area contributed by atoms with E-state index in [0.29, 0.717) is 23.6 Å². The van der Waals surface area contributed by atoms with E-state index in [1.807, 2.05) is 42.5 Å². The van der Waals surface area contributed by atoms with E-state index in [-0.39, 0.29) is 15.6 Å². The molecule has 4 rings (SSSR count). The van der Waals surface area contributed by atoms with Crippen molar-refractivity contribution in [1.82, 2.24) is 0 Å². The molecule has 33 heavy (non-hydrogen) atoms. The lowest BCUT2D eigenvalue weighted by molar-refractivity contribution is -0.112. The Balaban J connectivity index is 1.50. The third-order valence-corrected chi connectivity index (χ3v) is 5.49.